The van der Waals surface area contributed by atoms with Crippen LogP contribution >= 0.6 is 23.4 Å². The van der Waals surface area contributed by atoms with E-state index in [9.17, 15) is 0 Å². The van der Waals surface area contributed by atoms with Crippen molar-refractivity contribution in [3.05, 3.63) is 47.9 Å². The van der Waals surface area contributed by atoms with Crippen LogP contribution in [0.5, 0.6) is 0 Å². The lowest BCUT2D eigenvalue weighted by molar-refractivity contribution is 0.976. The third-order valence-electron chi connectivity index (χ3n) is 2.80. The van der Waals surface area contributed by atoms with Crippen LogP contribution < -0.4 is 5.32 Å². The van der Waals surface area contributed by atoms with E-state index < -0.39 is 0 Å². The summed E-state index contributed by atoms with van der Waals surface area (Å²) in [4.78, 5) is 12.6. The second-order valence-corrected chi connectivity index (χ2v) is 5.25. The fourth-order valence-corrected chi connectivity index (χ4v) is 2.53. The van der Waals surface area contributed by atoms with Crippen molar-refractivity contribution < 1.29 is 0 Å². The predicted octanol–water partition coefficient (Wildman–Crippen LogP) is 4.14. The van der Waals surface area contributed by atoms with E-state index in [0.717, 1.165) is 16.5 Å². The van der Waals surface area contributed by atoms with Crippen LogP contribution in [0.15, 0.2) is 47.9 Å². The van der Waals surface area contributed by atoms with Gasteiger partial charge in [-0.3, -0.25) is 4.98 Å². The highest BCUT2D eigenvalue weighted by Gasteiger charge is 2.05. The van der Waals surface area contributed by atoms with Crippen molar-refractivity contribution in [3.8, 4) is 0 Å². The quantitative estimate of drug-likeness (QED) is 0.447. The standard InChI is InChI=1S/C14H11ClN4S/c1-20-14-18-12(15)7-13(19-14)17-11-4-2-3-9-8-16-6-5-10(9)11/h2-8H,1H3,(H,17,18,19). The summed E-state index contributed by atoms with van der Waals surface area (Å²) < 4.78 is 0. The summed E-state index contributed by atoms with van der Waals surface area (Å²) >= 11 is 7.45. The Morgan fingerprint density at radius 3 is 2.95 bits per heavy atom. The number of anilines is 2. The summed E-state index contributed by atoms with van der Waals surface area (Å²) in [5, 5.41) is 6.51. The Kier molecular flexibility index (Phi) is 3.71. The molecule has 0 radical (unpaired) electrons. The average molecular weight is 303 g/mol. The Morgan fingerprint density at radius 2 is 2.10 bits per heavy atom. The van der Waals surface area contributed by atoms with E-state index >= 15 is 0 Å². The third kappa shape index (κ3) is 2.69. The topological polar surface area (TPSA) is 50.7 Å². The first-order chi connectivity index (χ1) is 9.76. The lowest BCUT2D eigenvalue weighted by Gasteiger charge is -2.09. The Labute approximate surface area is 125 Å². The zero-order valence-corrected chi connectivity index (χ0v) is 12.2. The van der Waals surface area contributed by atoms with Gasteiger partial charge < -0.3 is 5.32 Å². The Balaban J connectivity index is 2.03. The van der Waals surface area contributed by atoms with Crippen LogP contribution in [0.3, 0.4) is 0 Å². The van der Waals surface area contributed by atoms with Crippen LogP contribution in [0.2, 0.25) is 5.15 Å². The molecule has 100 valence electrons. The maximum absolute atomic E-state index is 6.00. The van der Waals surface area contributed by atoms with Gasteiger partial charge in [0.1, 0.15) is 11.0 Å². The van der Waals surface area contributed by atoms with Crippen molar-refractivity contribution in [2.45, 2.75) is 5.16 Å². The number of pyridine rings is 1. The van der Waals surface area contributed by atoms with Crippen molar-refractivity contribution >= 4 is 45.6 Å². The summed E-state index contributed by atoms with van der Waals surface area (Å²) in [6, 6.07) is 9.67. The minimum Gasteiger partial charge on any atom is -0.340 e. The highest BCUT2D eigenvalue weighted by Crippen LogP contribution is 2.26. The van der Waals surface area contributed by atoms with Gasteiger partial charge >= 0.3 is 0 Å². The Bertz CT molecular complexity index is 758. The monoisotopic (exact) mass is 302 g/mol. The number of halogens is 1. The van der Waals surface area contributed by atoms with Crippen molar-refractivity contribution in [3.63, 3.8) is 0 Å². The molecular formula is C14H11ClN4S. The molecule has 0 aliphatic carbocycles. The van der Waals surface area contributed by atoms with Gasteiger partial charge in [0.15, 0.2) is 5.16 Å². The molecule has 0 aliphatic rings. The molecule has 2 aromatic heterocycles. The molecule has 0 unspecified atom stereocenters. The number of hydrogen-bond donors (Lipinski definition) is 1. The van der Waals surface area contributed by atoms with E-state index in [-0.39, 0.29) is 0 Å². The van der Waals surface area contributed by atoms with E-state index in [1.54, 1.807) is 12.3 Å². The van der Waals surface area contributed by atoms with Gasteiger partial charge in [-0.25, -0.2) is 9.97 Å². The van der Waals surface area contributed by atoms with E-state index in [2.05, 4.69) is 20.3 Å². The lowest BCUT2D eigenvalue weighted by Crippen LogP contribution is -1.97. The number of fused-ring (bicyclic) bond motifs is 1. The molecule has 0 bridgehead atoms. The largest absolute Gasteiger partial charge is 0.340 e. The molecule has 6 heteroatoms. The molecule has 0 saturated heterocycles. The molecular weight excluding hydrogens is 292 g/mol. The van der Waals surface area contributed by atoms with E-state index in [1.807, 2.05) is 36.7 Å². The summed E-state index contributed by atoms with van der Waals surface area (Å²) in [7, 11) is 0. The third-order valence-corrected chi connectivity index (χ3v) is 3.54. The molecule has 0 fully saturated rings. The number of thioether (sulfide) groups is 1. The van der Waals surface area contributed by atoms with Crippen molar-refractivity contribution in [2.24, 2.45) is 0 Å². The zero-order chi connectivity index (χ0) is 13.9. The van der Waals surface area contributed by atoms with E-state index in [1.165, 1.54) is 11.8 Å². The molecule has 2 heterocycles. The number of hydrogen-bond acceptors (Lipinski definition) is 5. The molecule has 0 atom stereocenters. The van der Waals surface area contributed by atoms with Gasteiger partial charge in [0.25, 0.3) is 0 Å². The fourth-order valence-electron chi connectivity index (χ4n) is 1.92. The van der Waals surface area contributed by atoms with Gasteiger partial charge in [-0.05, 0) is 18.4 Å². The summed E-state index contributed by atoms with van der Waals surface area (Å²) in [5.74, 6) is 0.679. The van der Waals surface area contributed by atoms with Crippen LogP contribution in [0.25, 0.3) is 10.8 Å². The number of aromatic nitrogens is 3. The first-order valence-corrected chi connectivity index (χ1v) is 7.55. The second kappa shape index (κ2) is 5.64. The van der Waals surface area contributed by atoms with Gasteiger partial charge in [-0.15, -0.1) is 0 Å². The molecule has 0 aliphatic heterocycles. The summed E-state index contributed by atoms with van der Waals surface area (Å²) in [6.45, 7) is 0. The zero-order valence-electron chi connectivity index (χ0n) is 10.7. The van der Waals surface area contributed by atoms with Crippen LogP contribution in [-0.2, 0) is 0 Å². The number of benzene rings is 1. The Morgan fingerprint density at radius 1 is 1.20 bits per heavy atom. The minimum atomic E-state index is 0.425. The van der Waals surface area contributed by atoms with Gasteiger partial charge in [-0.1, -0.05) is 35.5 Å². The van der Waals surface area contributed by atoms with Gasteiger partial charge in [0.05, 0.1) is 0 Å². The molecule has 0 amide bonds. The summed E-state index contributed by atoms with van der Waals surface area (Å²) in [5.41, 5.74) is 0.965. The molecule has 4 nitrogen and oxygen atoms in total. The smallest absolute Gasteiger partial charge is 0.190 e. The van der Waals surface area contributed by atoms with Crippen molar-refractivity contribution in [1.29, 1.82) is 0 Å². The van der Waals surface area contributed by atoms with Gasteiger partial charge in [0.2, 0.25) is 0 Å². The van der Waals surface area contributed by atoms with Crippen LogP contribution in [0.1, 0.15) is 0 Å². The Hall–Kier alpha value is -1.85. The van der Waals surface area contributed by atoms with Crippen molar-refractivity contribution in [2.75, 3.05) is 11.6 Å². The number of nitrogens with zero attached hydrogens (tertiary/aromatic N) is 3. The van der Waals surface area contributed by atoms with E-state index in [0.29, 0.717) is 16.1 Å². The van der Waals surface area contributed by atoms with Crippen LogP contribution in [0.4, 0.5) is 11.5 Å². The fraction of sp³-hybridized carbons (Fsp3) is 0.0714. The molecule has 0 saturated carbocycles. The molecule has 0 spiro atoms. The second-order valence-electron chi connectivity index (χ2n) is 4.09. The first-order valence-electron chi connectivity index (χ1n) is 5.94. The maximum Gasteiger partial charge on any atom is 0.190 e. The molecule has 3 rings (SSSR count). The highest BCUT2D eigenvalue weighted by atomic mass is 35.5. The molecule has 1 N–H and O–H groups in total. The van der Waals surface area contributed by atoms with Crippen molar-refractivity contribution in [1.82, 2.24) is 15.0 Å². The highest BCUT2D eigenvalue weighted by molar-refractivity contribution is 7.98. The maximum atomic E-state index is 6.00. The summed E-state index contributed by atoms with van der Waals surface area (Å²) in [6.07, 6.45) is 5.52. The normalized spacial score (nSPS) is 10.7. The molecule has 1 aromatic carbocycles. The average Bonchev–Trinajstić information content (AvgIpc) is 2.47. The van der Waals surface area contributed by atoms with Crippen LogP contribution in [-0.4, -0.2) is 21.2 Å². The lowest BCUT2D eigenvalue weighted by atomic mass is 10.1. The van der Waals surface area contributed by atoms with Gasteiger partial charge in [0, 0.05) is 34.9 Å². The minimum absolute atomic E-state index is 0.425. The predicted molar refractivity (Wildman–Crippen MR) is 83.8 cm³/mol. The van der Waals surface area contributed by atoms with E-state index in [4.69, 9.17) is 11.6 Å². The first kappa shape index (κ1) is 13.1. The SMILES string of the molecule is CSc1nc(Cl)cc(Nc2cccc3cnccc23)n1. The molecule has 20 heavy (non-hydrogen) atoms. The van der Waals surface area contributed by atoms with Gasteiger partial charge in [-0.2, -0.15) is 0 Å². The number of rotatable bonds is 3. The molecule has 3 aromatic rings. The number of nitrogens with one attached hydrogen (secondary N) is 1. The van der Waals surface area contributed by atoms with Crippen LogP contribution in [0, 0.1) is 0 Å².